The highest BCUT2D eigenvalue weighted by molar-refractivity contribution is 5.44. The Morgan fingerprint density at radius 3 is 2.35 bits per heavy atom. The fraction of sp³-hybridized carbons (Fsp3) is 0.571. The standard InChI is InChI=1S/C14H23N3/c1-13-3-5-14(6-4-13)15-7-8-17-11-9-16(2)10-12-17/h3-6,15H,7-12H2,1-2H3. The zero-order valence-electron chi connectivity index (χ0n) is 10.9. The summed E-state index contributed by atoms with van der Waals surface area (Å²) in [4.78, 5) is 4.92. The highest BCUT2D eigenvalue weighted by atomic mass is 15.2. The van der Waals surface area contributed by atoms with E-state index in [9.17, 15) is 0 Å². The molecule has 1 fully saturated rings. The van der Waals surface area contributed by atoms with Crippen molar-refractivity contribution in [3.05, 3.63) is 29.8 Å². The van der Waals surface area contributed by atoms with E-state index in [0.717, 1.165) is 13.1 Å². The van der Waals surface area contributed by atoms with Gasteiger partial charge in [-0.3, -0.25) is 4.90 Å². The predicted octanol–water partition coefficient (Wildman–Crippen LogP) is 1.65. The lowest BCUT2D eigenvalue weighted by Crippen LogP contribution is -2.45. The molecular weight excluding hydrogens is 210 g/mol. The van der Waals surface area contributed by atoms with Crippen LogP contribution in [0.15, 0.2) is 24.3 Å². The van der Waals surface area contributed by atoms with Gasteiger partial charge in [0, 0.05) is 45.0 Å². The van der Waals surface area contributed by atoms with Crippen LogP contribution in [0.25, 0.3) is 0 Å². The Hall–Kier alpha value is -1.06. The first-order valence-electron chi connectivity index (χ1n) is 6.45. The average Bonchev–Trinajstić information content (AvgIpc) is 2.34. The Bertz CT molecular complexity index is 326. The van der Waals surface area contributed by atoms with Crippen LogP contribution in [-0.4, -0.2) is 56.1 Å². The lowest BCUT2D eigenvalue weighted by molar-refractivity contribution is 0.158. The number of likely N-dealkylation sites (N-methyl/N-ethyl adjacent to an activating group) is 1. The topological polar surface area (TPSA) is 18.5 Å². The number of anilines is 1. The van der Waals surface area contributed by atoms with Crippen LogP contribution in [0, 0.1) is 6.92 Å². The van der Waals surface area contributed by atoms with Gasteiger partial charge in [0.15, 0.2) is 0 Å². The maximum Gasteiger partial charge on any atom is 0.0340 e. The lowest BCUT2D eigenvalue weighted by atomic mass is 10.2. The number of hydrogen-bond donors (Lipinski definition) is 1. The summed E-state index contributed by atoms with van der Waals surface area (Å²) in [6.07, 6.45) is 0. The van der Waals surface area contributed by atoms with Gasteiger partial charge in [0.2, 0.25) is 0 Å². The molecule has 1 aliphatic rings. The van der Waals surface area contributed by atoms with E-state index < -0.39 is 0 Å². The molecule has 94 valence electrons. The van der Waals surface area contributed by atoms with Crippen molar-refractivity contribution in [3.8, 4) is 0 Å². The van der Waals surface area contributed by atoms with E-state index in [-0.39, 0.29) is 0 Å². The minimum Gasteiger partial charge on any atom is -0.384 e. The summed E-state index contributed by atoms with van der Waals surface area (Å²) in [5.74, 6) is 0. The molecule has 0 radical (unpaired) electrons. The van der Waals surface area contributed by atoms with Crippen LogP contribution >= 0.6 is 0 Å². The van der Waals surface area contributed by atoms with E-state index in [1.165, 1.54) is 37.4 Å². The first-order chi connectivity index (χ1) is 8.24. The Morgan fingerprint density at radius 2 is 1.71 bits per heavy atom. The molecule has 0 aromatic heterocycles. The second-order valence-corrected chi connectivity index (χ2v) is 4.94. The van der Waals surface area contributed by atoms with Gasteiger partial charge in [-0.15, -0.1) is 0 Å². The van der Waals surface area contributed by atoms with Crippen molar-refractivity contribution >= 4 is 5.69 Å². The van der Waals surface area contributed by atoms with Crippen LogP contribution < -0.4 is 5.32 Å². The van der Waals surface area contributed by atoms with Crippen LogP contribution in [0.3, 0.4) is 0 Å². The van der Waals surface area contributed by atoms with Crippen molar-refractivity contribution in [2.75, 3.05) is 51.6 Å². The minimum atomic E-state index is 1.03. The van der Waals surface area contributed by atoms with E-state index in [1.807, 2.05) is 0 Å². The molecule has 3 nitrogen and oxygen atoms in total. The van der Waals surface area contributed by atoms with Gasteiger partial charge in [-0.05, 0) is 26.1 Å². The van der Waals surface area contributed by atoms with Crippen molar-refractivity contribution in [1.29, 1.82) is 0 Å². The van der Waals surface area contributed by atoms with Crippen LogP contribution in [0.2, 0.25) is 0 Å². The monoisotopic (exact) mass is 233 g/mol. The molecule has 1 aliphatic heterocycles. The lowest BCUT2D eigenvalue weighted by Gasteiger charge is -2.32. The van der Waals surface area contributed by atoms with Crippen LogP contribution in [0.5, 0.6) is 0 Å². The fourth-order valence-corrected chi connectivity index (χ4v) is 2.10. The van der Waals surface area contributed by atoms with Gasteiger partial charge in [0.05, 0.1) is 0 Å². The first kappa shape index (κ1) is 12.4. The minimum absolute atomic E-state index is 1.03. The highest BCUT2D eigenvalue weighted by Crippen LogP contribution is 2.08. The number of hydrogen-bond acceptors (Lipinski definition) is 3. The van der Waals surface area contributed by atoms with Crippen LogP contribution in [0.4, 0.5) is 5.69 Å². The van der Waals surface area contributed by atoms with Crippen molar-refractivity contribution in [1.82, 2.24) is 9.80 Å². The third kappa shape index (κ3) is 4.02. The third-order valence-corrected chi connectivity index (χ3v) is 3.40. The second kappa shape index (κ2) is 6.03. The molecule has 1 heterocycles. The number of rotatable bonds is 4. The Balaban J connectivity index is 1.67. The van der Waals surface area contributed by atoms with Crippen LogP contribution in [0.1, 0.15) is 5.56 Å². The largest absolute Gasteiger partial charge is 0.384 e. The van der Waals surface area contributed by atoms with E-state index in [0.29, 0.717) is 0 Å². The number of piperazine rings is 1. The normalized spacial score (nSPS) is 18.2. The van der Waals surface area contributed by atoms with Crippen molar-refractivity contribution in [2.45, 2.75) is 6.92 Å². The van der Waals surface area contributed by atoms with E-state index in [2.05, 4.69) is 53.4 Å². The molecule has 1 N–H and O–H groups in total. The number of benzene rings is 1. The summed E-state index contributed by atoms with van der Waals surface area (Å²) < 4.78 is 0. The summed E-state index contributed by atoms with van der Waals surface area (Å²) in [6.45, 7) is 9.09. The van der Waals surface area contributed by atoms with Crippen molar-refractivity contribution in [3.63, 3.8) is 0 Å². The fourth-order valence-electron chi connectivity index (χ4n) is 2.10. The zero-order chi connectivity index (χ0) is 12.1. The van der Waals surface area contributed by atoms with Gasteiger partial charge in [-0.25, -0.2) is 0 Å². The molecule has 1 aromatic carbocycles. The SMILES string of the molecule is Cc1ccc(NCCN2CCN(C)CC2)cc1. The second-order valence-electron chi connectivity index (χ2n) is 4.94. The quantitative estimate of drug-likeness (QED) is 0.853. The van der Waals surface area contributed by atoms with Gasteiger partial charge in [0.25, 0.3) is 0 Å². The van der Waals surface area contributed by atoms with E-state index >= 15 is 0 Å². The van der Waals surface area contributed by atoms with Gasteiger partial charge in [0.1, 0.15) is 0 Å². The molecule has 0 saturated carbocycles. The molecule has 3 heteroatoms. The number of aryl methyl sites for hydroxylation is 1. The summed E-state index contributed by atoms with van der Waals surface area (Å²) in [5, 5.41) is 3.48. The van der Waals surface area contributed by atoms with Crippen molar-refractivity contribution < 1.29 is 0 Å². The molecule has 0 bridgehead atoms. The van der Waals surface area contributed by atoms with E-state index in [1.54, 1.807) is 0 Å². The molecule has 2 rings (SSSR count). The first-order valence-corrected chi connectivity index (χ1v) is 6.45. The van der Waals surface area contributed by atoms with Gasteiger partial charge >= 0.3 is 0 Å². The van der Waals surface area contributed by atoms with E-state index in [4.69, 9.17) is 0 Å². The molecule has 0 atom stereocenters. The molecule has 1 aromatic rings. The molecule has 0 unspecified atom stereocenters. The van der Waals surface area contributed by atoms with Crippen molar-refractivity contribution in [2.24, 2.45) is 0 Å². The molecular formula is C14H23N3. The van der Waals surface area contributed by atoms with Gasteiger partial charge < -0.3 is 10.2 Å². The summed E-state index contributed by atoms with van der Waals surface area (Å²) >= 11 is 0. The number of nitrogens with zero attached hydrogens (tertiary/aromatic N) is 2. The number of nitrogens with one attached hydrogen (secondary N) is 1. The summed E-state index contributed by atoms with van der Waals surface area (Å²) in [6, 6.07) is 8.61. The molecule has 17 heavy (non-hydrogen) atoms. The smallest absolute Gasteiger partial charge is 0.0340 e. The molecule has 1 saturated heterocycles. The maximum absolute atomic E-state index is 3.48. The summed E-state index contributed by atoms with van der Waals surface area (Å²) in [7, 11) is 2.20. The average molecular weight is 233 g/mol. The molecule has 0 amide bonds. The zero-order valence-corrected chi connectivity index (χ0v) is 10.9. The van der Waals surface area contributed by atoms with Gasteiger partial charge in [-0.1, -0.05) is 17.7 Å². The van der Waals surface area contributed by atoms with Gasteiger partial charge in [-0.2, -0.15) is 0 Å². The maximum atomic E-state index is 3.48. The molecule has 0 aliphatic carbocycles. The Kier molecular flexibility index (Phi) is 4.40. The Morgan fingerprint density at radius 1 is 1.06 bits per heavy atom. The van der Waals surface area contributed by atoms with Crippen LogP contribution in [-0.2, 0) is 0 Å². The predicted molar refractivity (Wildman–Crippen MR) is 73.6 cm³/mol. The summed E-state index contributed by atoms with van der Waals surface area (Å²) in [5.41, 5.74) is 2.54. The highest BCUT2D eigenvalue weighted by Gasteiger charge is 2.12. The third-order valence-electron chi connectivity index (χ3n) is 3.40. The Labute approximate surface area is 104 Å². The molecule has 0 spiro atoms.